The first-order chi connectivity index (χ1) is 8.95. The second kappa shape index (κ2) is 5.58. The number of rotatable bonds is 4. The highest BCUT2D eigenvalue weighted by Gasteiger charge is 2.31. The standard InChI is InChI=1S/C13H20N2O3S/c1-10(14-2)11-4-3-5-13(8-11)19(17,18)15-7-6-12(16)9-15/h3-5,8,10,12,14,16H,6-7,9H2,1-2H3. The minimum atomic E-state index is -3.49. The largest absolute Gasteiger partial charge is 0.392 e. The second-order valence-corrected chi connectivity index (χ2v) is 6.83. The molecular formula is C13H20N2O3S. The summed E-state index contributed by atoms with van der Waals surface area (Å²) in [6, 6.07) is 7.05. The molecule has 0 saturated carbocycles. The molecule has 2 atom stereocenters. The molecule has 1 aliphatic heterocycles. The molecule has 1 fully saturated rings. The van der Waals surface area contributed by atoms with Gasteiger partial charge in [-0.1, -0.05) is 12.1 Å². The van der Waals surface area contributed by atoms with Crippen LogP contribution < -0.4 is 5.32 Å². The van der Waals surface area contributed by atoms with Crippen LogP contribution in [-0.4, -0.2) is 44.1 Å². The first kappa shape index (κ1) is 14.5. The number of benzene rings is 1. The quantitative estimate of drug-likeness (QED) is 0.855. The Bertz CT molecular complexity index is 545. The van der Waals surface area contributed by atoms with Crippen molar-refractivity contribution < 1.29 is 13.5 Å². The second-order valence-electron chi connectivity index (χ2n) is 4.89. The van der Waals surface area contributed by atoms with Crippen LogP contribution in [0.4, 0.5) is 0 Å². The molecule has 2 unspecified atom stereocenters. The highest BCUT2D eigenvalue weighted by molar-refractivity contribution is 7.89. The van der Waals surface area contributed by atoms with Crippen molar-refractivity contribution in [2.75, 3.05) is 20.1 Å². The van der Waals surface area contributed by atoms with Gasteiger partial charge in [0.1, 0.15) is 0 Å². The molecule has 2 rings (SSSR count). The van der Waals surface area contributed by atoms with E-state index in [4.69, 9.17) is 0 Å². The van der Waals surface area contributed by atoms with E-state index in [2.05, 4.69) is 5.32 Å². The number of hydrogen-bond acceptors (Lipinski definition) is 4. The topological polar surface area (TPSA) is 69.6 Å². The van der Waals surface area contributed by atoms with Gasteiger partial charge in [0.15, 0.2) is 0 Å². The van der Waals surface area contributed by atoms with Crippen LogP contribution in [-0.2, 0) is 10.0 Å². The molecule has 1 aromatic carbocycles. The van der Waals surface area contributed by atoms with Gasteiger partial charge in [0, 0.05) is 19.1 Å². The number of nitrogens with zero attached hydrogens (tertiary/aromatic N) is 1. The molecule has 1 aliphatic rings. The van der Waals surface area contributed by atoms with Gasteiger partial charge in [-0.2, -0.15) is 4.31 Å². The van der Waals surface area contributed by atoms with Crippen LogP contribution in [0.15, 0.2) is 29.2 Å². The summed E-state index contributed by atoms with van der Waals surface area (Å²) in [6.07, 6.45) is -0.0413. The molecule has 0 aliphatic carbocycles. The third kappa shape index (κ3) is 2.97. The van der Waals surface area contributed by atoms with E-state index < -0.39 is 16.1 Å². The highest BCUT2D eigenvalue weighted by Crippen LogP contribution is 2.23. The van der Waals surface area contributed by atoms with Crippen LogP contribution >= 0.6 is 0 Å². The first-order valence-electron chi connectivity index (χ1n) is 6.40. The Morgan fingerprint density at radius 3 is 2.79 bits per heavy atom. The fraction of sp³-hybridized carbons (Fsp3) is 0.538. The summed E-state index contributed by atoms with van der Waals surface area (Å²) < 4.78 is 26.2. The number of sulfonamides is 1. The van der Waals surface area contributed by atoms with E-state index >= 15 is 0 Å². The Balaban J connectivity index is 2.30. The lowest BCUT2D eigenvalue weighted by Crippen LogP contribution is -2.29. The third-order valence-electron chi connectivity index (χ3n) is 3.55. The van der Waals surface area contributed by atoms with E-state index in [9.17, 15) is 13.5 Å². The molecular weight excluding hydrogens is 264 g/mol. The monoisotopic (exact) mass is 284 g/mol. The Morgan fingerprint density at radius 2 is 2.21 bits per heavy atom. The molecule has 106 valence electrons. The van der Waals surface area contributed by atoms with Crippen molar-refractivity contribution in [2.45, 2.75) is 30.4 Å². The third-order valence-corrected chi connectivity index (χ3v) is 5.42. The average Bonchev–Trinajstić information content (AvgIpc) is 2.85. The normalized spacial score (nSPS) is 22.6. The summed E-state index contributed by atoms with van der Waals surface area (Å²) in [5.74, 6) is 0. The lowest BCUT2D eigenvalue weighted by atomic mass is 10.1. The maximum Gasteiger partial charge on any atom is 0.243 e. The SMILES string of the molecule is CNC(C)c1cccc(S(=O)(=O)N2CCC(O)C2)c1. The molecule has 0 spiro atoms. The minimum Gasteiger partial charge on any atom is -0.392 e. The van der Waals surface area contributed by atoms with Crippen molar-refractivity contribution in [3.05, 3.63) is 29.8 Å². The Hall–Kier alpha value is -0.950. The zero-order valence-corrected chi connectivity index (χ0v) is 12.0. The Labute approximate surface area is 114 Å². The van der Waals surface area contributed by atoms with Crippen LogP contribution in [0.3, 0.4) is 0 Å². The number of aliphatic hydroxyl groups excluding tert-OH is 1. The van der Waals surface area contributed by atoms with Crippen molar-refractivity contribution in [1.29, 1.82) is 0 Å². The van der Waals surface area contributed by atoms with Gasteiger partial charge in [0.2, 0.25) is 10.0 Å². The molecule has 1 heterocycles. The summed E-state index contributed by atoms with van der Waals surface area (Å²) in [7, 11) is -1.65. The Kier molecular flexibility index (Phi) is 4.25. The zero-order valence-electron chi connectivity index (χ0n) is 11.2. The average molecular weight is 284 g/mol. The van der Waals surface area contributed by atoms with E-state index in [0.717, 1.165) is 5.56 Å². The summed E-state index contributed by atoms with van der Waals surface area (Å²) in [6.45, 7) is 2.55. The van der Waals surface area contributed by atoms with Crippen LogP contribution in [0, 0.1) is 0 Å². The van der Waals surface area contributed by atoms with Gasteiger partial charge in [-0.3, -0.25) is 0 Å². The van der Waals surface area contributed by atoms with Crippen LogP contribution in [0.1, 0.15) is 24.9 Å². The van der Waals surface area contributed by atoms with Crippen molar-refractivity contribution in [2.24, 2.45) is 0 Å². The number of hydrogen-bond donors (Lipinski definition) is 2. The van der Waals surface area contributed by atoms with Crippen molar-refractivity contribution in [3.63, 3.8) is 0 Å². The number of aliphatic hydroxyl groups is 1. The Morgan fingerprint density at radius 1 is 1.47 bits per heavy atom. The molecule has 1 saturated heterocycles. The number of β-amino-alcohol motifs (C(OH)–C–C–N with tert-alkyl or cyclic N) is 1. The summed E-state index contributed by atoms with van der Waals surface area (Å²) in [4.78, 5) is 0.293. The van der Waals surface area contributed by atoms with Gasteiger partial charge in [-0.15, -0.1) is 0 Å². The zero-order chi connectivity index (χ0) is 14.0. The van der Waals surface area contributed by atoms with Gasteiger partial charge in [0.05, 0.1) is 11.0 Å². The van der Waals surface area contributed by atoms with E-state index in [1.54, 1.807) is 18.2 Å². The maximum absolute atomic E-state index is 12.4. The van der Waals surface area contributed by atoms with Crippen molar-refractivity contribution >= 4 is 10.0 Å². The summed E-state index contributed by atoms with van der Waals surface area (Å²) in [5.41, 5.74) is 0.934. The van der Waals surface area contributed by atoms with Crippen molar-refractivity contribution in [1.82, 2.24) is 9.62 Å². The van der Waals surface area contributed by atoms with Gasteiger partial charge >= 0.3 is 0 Å². The molecule has 0 bridgehead atoms. The van der Waals surface area contributed by atoms with Crippen LogP contribution in [0.2, 0.25) is 0 Å². The fourth-order valence-corrected chi connectivity index (χ4v) is 3.74. The van der Waals surface area contributed by atoms with Gasteiger partial charge < -0.3 is 10.4 Å². The molecule has 0 aromatic heterocycles. The predicted molar refractivity (Wildman–Crippen MR) is 73.3 cm³/mol. The molecule has 6 heteroatoms. The lowest BCUT2D eigenvalue weighted by molar-refractivity contribution is 0.189. The minimum absolute atomic E-state index is 0.0966. The van der Waals surface area contributed by atoms with Gasteiger partial charge in [-0.25, -0.2) is 8.42 Å². The fourth-order valence-electron chi connectivity index (χ4n) is 2.19. The molecule has 0 radical (unpaired) electrons. The summed E-state index contributed by atoms with van der Waals surface area (Å²) in [5, 5.41) is 12.6. The maximum atomic E-state index is 12.4. The molecule has 1 aromatic rings. The number of nitrogens with one attached hydrogen (secondary N) is 1. The van der Waals surface area contributed by atoms with Gasteiger partial charge in [0.25, 0.3) is 0 Å². The highest BCUT2D eigenvalue weighted by atomic mass is 32.2. The van der Waals surface area contributed by atoms with Crippen molar-refractivity contribution in [3.8, 4) is 0 Å². The van der Waals surface area contributed by atoms with E-state index in [1.165, 1.54) is 4.31 Å². The molecule has 2 N–H and O–H groups in total. The predicted octanol–water partition coefficient (Wildman–Crippen LogP) is 0.722. The smallest absolute Gasteiger partial charge is 0.243 e. The summed E-state index contributed by atoms with van der Waals surface area (Å²) >= 11 is 0. The van der Waals surface area contributed by atoms with Crippen LogP contribution in [0.5, 0.6) is 0 Å². The molecule has 5 nitrogen and oxygen atoms in total. The van der Waals surface area contributed by atoms with E-state index in [0.29, 0.717) is 17.9 Å². The first-order valence-corrected chi connectivity index (χ1v) is 7.84. The van der Waals surface area contributed by atoms with E-state index in [1.807, 2.05) is 20.0 Å². The van der Waals surface area contributed by atoms with E-state index in [-0.39, 0.29) is 12.6 Å². The molecule has 19 heavy (non-hydrogen) atoms. The van der Waals surface area contributed by atoms with Gasteiger partial charge in [-0.05, 0) is 38.1 Å². The lowest BCUT2D eigenvalue weighted by Gasteiger charge is -2.17. The van der Waals surface area contributed by atoms with Crippen LogP contribution in [0.25, 0.3) is 0 Å². The molecule has 0 amide bonds.